The van der Waals surface area contributed by atoms with Crippen LogP contribution in [-0.2, 0) is 18.6 Å². The topological polar surface area (TPSA) is 37.8 Å². The van der Waals surface area contributed by atoms with E-state index in [0.717, 1.165) is 31.0 Å². The van der Waals surface area contributed by atoms with Crippen molar-refractivity contribution in [1.82, 2.24) is 15.3 Å². The molecule has 0 unspecified atom stereocenters. The molecule has 2 rings (SSSR count). The standard InChI is InChI=1S/C11H17N3S/c1-8-9-4-6-15-7-10(9)14-11(13-8)3-5-12-2/h12H,3-7H2,1-2H3. The van der Waals surface area contributed by atoms with E-state index < -0.39 is 0 Å². The molecule has 1 aliphatic heterocycles. The van der Waals surface area contributed by atoms with Crippen LogP contribution in [0, 0.1) is 6.92 Å². The average molecular weight is 223 g/mol. The van der Waals surface area contributed by atoms with E-state index >= 15 is 0 Å². The summed E-state index contributed by atoms with van der Waals surface area (Å²) < 4.78 is 0. The summed E-state index contributed by atoms with van der Waals surface area (Å²) in [6, 6.07) is 0. The Morgan fingerprint density at radius 1 is 1.40 bits per heavy atom. The Morgan fingerprint density at radius 2 is 2.27 bits per heavy atom. The second-order valence-electron chi connectivity index (χ2n) is 3.81. The monoisotopic (exact) mass is 223 g/mol. The van der Waals surface area contributed by atoms with Crippen LogP contribution in [0.2, 0.25) is 0 Å². The molecule has 1 N–H and O–H groups in total. The van der Waals surface area contributed by atoms with Crippen molar-refractivity contribution in [3.63, 3.8) is 0 Å². The molecule has 1 aliphatic rings. The van der Waals surface area contributed by atoms with Crippen molar-refractivity contribution in [2.75, 3.05) is 19.3 Å². The van der Waals surface area contributed by atoms with Gasteiger partial charge in [0.05, 0.1) is 5.69 Å². The molecule has 1 aromatic rings. The predicted octanol–water partition coefficient (Wildman–Crippen LogP) is 1.34. The molecular weight excluding hydrogens is 206 g/mol. The van der Waals surface area contributed by atoms with Crippen LogP contribution in [0.5, 0.6) is 0 Å². The van der Waals surface area contributed by atoms with Gasteiger partial charge in [-0.2, -0.15) is 11.8 Å². The summed E-state index contributed by atoms with van der Waals surface area (Å²) in [7, 11) is 1.96. The molecule has 82 valence electrons. The lowest BCUT2D eigenvalue weighted by atomic mass is 10.1. The number of rotatable bonds is 3. The smallest absolute Gasteiger partial charge is 0.130 e. The first-order valence-electron chi connectivity index (χ1n) is 5.39. The highest BCUT2D eigenvalue weighted by Crippen LogP contribution is 2.24. The van der Waals surface area contributed by atoms with Gasteiger partial charge in [0.25, 0.3) is 0 Å². The quantitative estimate of drug-likeness (QED) is 0.839. The third-order valence-electron chi connectivity index (χ3n) is 2.68. The third kappa shape index (κ3) is 2.49. The number of hydrogen-bond donors (Lipinski definition) is 1. The molecule has 2 heterocycles. The normalized spacial score (nSPS) is 15.1. The molecule has 4 heteroatoms. The van der Waals surface area contributed by atoms with Gasteiger partial charge >= 0.3 is 0 Å². The Balaban J connectivity index is 2.24. The van der Waals surface area contributed by atoms with Crippen molar-refractivity contribution in [2.45, 2.75) is 25.5 Å². The molecule has 0 atom stereocenters. The van der Waals surface area contributed by atoms with Crippen LogP contribution in [0.15, 0.2) is 0 Å². The number of fused-ring (bicyclic) bond motifs is 1. The van der Waals surface area contributed by atoms with Gasteiger partial charge in [-0.15, -0.1) is 0 Å². The zero-order valence-corrected chi connectivity index (χ0v) is 10.2. The number of aryl methyl sites for hydroxylation is 1. The van der Waals surface area contributed by atoms with E-state index in [4.69, 9.17) is 0 Å². The van der Waals surface area contributed by atoms with Crippen LogP contribution in [0.1, 0.15) is 22.8 Å². The highest BCUT2D eigenvalue weighted by Gasteiger charge is 2.15. The van der Waals surface area contributed by atoms with Crippen LogP contribution in [0.3, 0.4) is 0 Å². The summed E-state index contributed by atoms with van der Waals surface area (Å²) >= 11 is 1.97. The number of hydrogen-bond acceptors (Lipinski definition) is 4. The molecule has 0 saturated heterocycles. The van der Waals surface area contributed by atoms with Crippen molar-refractivity contribution >= 4 is 11.8 Å². The van der Waals surface area contributed by atoms with Crippen molar-refractivity contribution in [3.05, 3.63) is 22.8 Å². The maximum atomic E-state index is 4.64. The number of likely N-dealkylation sites (N-methyl/N-ethyl adjacent to an activating group) is 1. The first-order chi connectivity index (χ1) is 7.31. The van der Waals surface area contributed by atoms with E-state index in [0.29, 0.717) is 0 Å². The van der Waals surface area contributed by atoms with E-state index in [1.165, 1.54) is 22.7 Å². The van der Waals surface area contributed by atoms with Crippen molar-refractivity contribution in [3.8, 4) is 0 Å². The summed E-state index contributed by atoms with van der Waals surface area (Å²) in [6.07, 6.45) is 2.06. The highest BCUT2D eigenvalue weighted by atomic mass is 32.2. The molecule has 0 radical (unpaired) electrons. The molecule has 1 aromatic heterocycles. The molecule has 3 nitrogen and oxygen atoms in total. The van der Waals surface area contributed by atoms with Gasteiger partial charge in [0.15, 0.2) is 0 Å². The van der Waals surface area contributed by atoms with Gasteiger partial charge in [-0.05, 0) is 31.7 Å². The van der Waals surface area contributed by atoms with Gasteiger partial charge in [0.2, 0.25) is 0 Å². The molecule has 0 aromatic carbocycles. The van der Waals surface area contributed by atoms with Crippen molar-refractivity contribution in [2.24, 2.45) is 0 Å². The van der Waals surface area contributed by atoms with Gasteiger partial charge in [-0.3, -0.25) is 0 Å². The van der Waals surface area contributed by atoms with E-state index in [1.807, 2.05) is 18.8 Å². The molecule has 0 aliphatic carbocycles. The second kappa shape index (κ2) is 4.94. The molecule has 0 fully saturated rings. The first-order valence-corrected chi connectivity index (χ1v) is 6.54. The van der Waals surface area contributed by atoms with Crippen LogP contribution < -0.4 is 5.32 Å². The summed E-state index contributed by atoms with van der Waals surface area (Å²) in [5.74, 6) is 3.27. The van der Waals surface area contributed by atoms with Gasteiger partial charge in [-0.1, -0.05) is 0 Å². The SMILES string of the molecule is CNCCc1nc(C)c2c(n1)CSCC2. The number of nitrogens with one attached hydrogen (secondary N) is 1. The Labute approximate surface area is 95.1 Å². The van der Waals surface area contributed by atoms with E-state index in [2.05, 4.69) is 22.2 Å². The average Bonchev–Trinajstić information content (AvgIpc) is 2.26. The Kier molecular flexibility index (Phi) is 3.59. The fourth-order valence-corrected chi connectivity index (χ4v) is 2.78. The van der Waals surface area contributed by atoms with Gasteiger partial charge in [-0.25, -0.2) is 9.97 Å². The summed E-state index contributed by atoms with van der Waals surface area (Å²) in [4.78, 5) is 9.20. The van der Waals surface area contributed by atoms with E-state index in [-0.39, 0.29) is 0 Å². The largest absolute Gasteiger partial charge is 0.319 e. The number of nitrogens with zero attached hydrogens (tertiary/aromatic N) is 2. The molecule has 15 heavy (non-hydrogen) atoms. The van der Waals surface area contributed by atoms with Crippen LogP contribution >= 0.6 is 11.8 Å². The summed E-state index contributed by atoms with van der Waals surface area (Å²) in [5.41, 5.74) is 3.85. The maximum absolute atomic E-state index is 4.64. The minimum Gasteiger partial charge on any atom is -0.319 e. The molecule has 0 bridgehead atoms. The number of thioether (sulfide) groups is 1. The molecule has 0 spiro atoms. The Bertz CT molecular complexity index is 352. The minimum absolute atomic E-state index is 0.926. The Hall–Kier alpha value is -0.610. The fraction of sp³-hybridized carbons (Fsp3) is 0.636. The molecular formula is C11H17N3S. The zero-order chi connectivity index (χ0) is 10.7. The molecule has 0 amide bonds. The lowest BCUT2D eigenvalue weighted by Crippen LogP contribution is -2.16. The lowest BCUT2D eigenvalue weighted by molar-refractivity contribution is 0.740. The summed E-state index contributed by atoms with van der Waals surface area (Å²) in [5, 5.41) is 3.13. The number of aromatic nitrogens is 2. The fourth-order valence-electron chi connectivity index (χ4n) is 1.85. The first kappa shape index (κ1) is 10.9. The van der Waals surface area contributed by atoms with E-state index in [1.54, 1.807) is 0 Å². The predicted molar refractivity (Wildman–Crippen MR) is 64.3 cm³/mol. The zero-order valence-electron chi connectivity index (χ0n) is 9.34. The summed E-state index contributed by atoms with van der Waals surface area (Å²) in [6.45, 7) is 3.06. The van der Waals surface area contributed by atoms with Crippen LogP contribution in [0.25, 0.3) is 0 Å². The third-order valence-corrected chi connectivity index (χ3v) is 3.65. The second-order valence-corrected chi connectivity index (χ2v) is 4.91. The molecule has 0 saturated carbocycles. The van der Waals surface area contributed by atoms with E-state index in [9.17, 15) is 0 Å². The van der Waals surface area contributed by atoms with Crippen LogP contribution in [-0.4, -0.2) is 29.3 Å². The highest BCUT2D eigenvalue weighted by molar-refractivity contribution is 7.98. The lowest BCUT2D eigenvalue weighted by Gasteiger charge is -2.17. The van der Waals surface area contributed by atoms with Crippen molar-refractivity contribution < 1.29 is 0 Å². The van der Waals surface area contributed by atoms with Crippen LogP contribution in [0.4, 0.5) is 0 Å². The minimum atomic E-state index is 0.926. The maximum Gasteiger partial charge on any atom is 0.130 e. The van der Waals surface area contributed by atoms with Crippen molar-refractivity contribution in [1.29, 1.82) is 0 Å². The Morgan fingerprint density at radius 3 is 3.07 bits per heavy atom. The van der Waals surface area contributed by atoms with Gasteiger partial charge in [0.1, 0.15) is 5.82 Å². The van der Waals surface area contributed by atoms with Gasteiger partial charge < -0.3 is 5.32 Å². The van der Waals surface area contributed by atoms with Gasteiger partial charge in [0, 0.05) is 24.4 Å².